The molecule has 0 unspecified atom stereocenters. The summed E-state index contributed by atoms with van der Waals surface area (Å²) >= 11 is 0. The number of hydrazone groups is 1. The van der Waals surface area contributed by atoms with Gasteiger partial charge in [-0.2, -0.15) is 5.10 Å². The van der Waals surface area contributed by atoms with E-state index in [1.54, 1.807) is 6.92 Å². The second-order valence-electron chi connectivity index (χ2n) is 3.95. The number of imide groups is 1. The van der Waals surface area contributed by atoms with Gasteiger partial charge in [0.15, 0.2) is 0 Å². The summed E-state index contributed by atoms with van der Waals surface area (Å²) in [5.41, 5.74) is 3.11. The Morgan fingerprint density at radius 1 is 1.19 bits per heavy atom. The van der Waals surface area contributed by atoms with Crippen molar-refractivity contribution >= 4 is 23.6 Å². The molecule has 1 aromatic heterocycles. The molecule has 0 saturated carbocycles. The fourth-order valence-corrected chi connectivity index (χ4v) is 1.25. The number of amides is 4. The van der Waals surface area contributed by atoms with E-state index in [9.17, 15) is 14.4 Å². The van der Waals surface area contributed by atoms with E-state index in [0.29, 0.717) is 11.4 Å². The minimum absolute atomic E-state index is 0.0114. The van der Waals surface area contributed by atoms with Gasteiger partial charge in [0.25, 0.3) is 0 Å². The predicted octanol–water partition coefficient (Wildman–Crippen LogP) is -0.447. The van der Waals surface area contributed by atoms with Gasteiger partial charge in [-0.05, 0) is 6.92 Å². The first kappa shape index (κ1) is 16.2. The Bertz CT molecular complexity index is 543. The van der Waals surface area contributed by atoms with E-state index in [-0.39, 0.29) is 18.7 Å². The summed E-state index contributed by atoms with van der Waals surface area (Å²) in [5.74, 6) is -0.842. The van der Waals surface area contributed by atoms with Gasteiger partial charge in [-0.25, -0.2) is 10.2 Å². The van der Waals surface area contributed by atoms with Gasteiger partial charge < -0.3 is 5.32 Å². The maximum absolute atomic E-state index is 11.4. The third-order valence-electron chi connectivity index (χ3n) is 2.37. The molecule has 0 aliphatic carbocycles. The van der Waals surface area contributed by atoms with E-state index < -0.39 is 11.9 Å². The van der Waals surface area contributed by atoms with Crippen molar-refractivity contribution in [1.82, 2.24) is 26.0 Å². The average Bonchev–Trinajstić information content (AvgIpc) is 2.51. The highest BCUT2D eigenvalue weighted by atomic mass is 16.2. The van der Waals surface area contributed by atoms with Crippen molar-refractivity contribution in [2.45, 2.75) is 19.8 Å². The van der Waals surface area contributed by atoms with Crippen molar-refractivity contribution in [2.24, 2.45) is 5.10 Å². The summed E-state index contributed by atoms with van der Waals surface area (Å²) in [4.78, 5) is 41.6. The molecule has 1 heterocycles. The normalized spacial score (nSPS) is 10.7. The predicted molar refractivity (Wildman–Crippen MR) is 74.2 cm³/mol. The Labute approximate surface area is 121 Å². The summed E-state index contributed by atoms with van der Waals surface area (Å²) in [6, 6.07) is -0.778. The number of hydrogen-bond donors (Lipinski definition) is 3. The maximum Gasteiger partial charge on any atom is 0.341 e. The lowest BCUT2D eigenvalue weighted by atomic mass is 10.3. The van der Waals surface area contributed by atoms with Gasteiger partial charge in [0, 0.05) is 32.3 Å². The highest BCUT2D eigenvalue weighted by Gasteiger charge is 2.09. The van der Waals surface area contributed by atoms with E-state index in [1.165, 1.54) is 25.6 Å². The van der Waals surface area contributed by atoms with Crippen LogP contribution in [0.15, 0.2) is 23.7 Å². The van der Waals surface area contributed by atoms with Crippen LogP contribution in [0.1, 0.15) is 25.5 Å². The number of carbonyl (C=O) groups excluding carboxylic acids is 3. The number of hydrogen-bond acceptors (Lipinski definition) is 6. The topological polar surface area (TPSA) is 125 Å². The number of carbonyl (C=O) groups is 3. The van der Waals surface area contributed by atoms with E-state index in [0.717, 1.165) is 0 Å². The summed E-state index contributed by atoms with van der Waals surface area (Å²) in [5, 5.41) is 8.21. The zero-order chi connectivity index (χ0) is 15.7. The van der Waals surface area contributed by atoms with Gasteiger partial charge >= 0.3 is 6.03 Å². The van der Waals surface area contributed by atoms with Crippen LogP contribution in [0.4, 0.5) is 4.79 Å². The SMILES string of the molecule is CNC(=O)CCC(=O)NC(=O)N/N=C(\C)c1cnccn1. The standard InChI is InChI=1S/C12H16N6O3/c1-8(9-7-14-5-6-15-9)17-18-12(21)16-11(20)4-3-10(19)13-2/h5-7H,3-4H2,1-2H3,(H,13,19)(H2,16,18,20,21)/b17-8+. The summed E-state index contributed by atoms with van der Waals surface area (Å²) in [7, 11) is 1.47. The van der Waals surface area contributed by atoms with Crippen LogP contribution in [0.2, 0.25) is 0 Å². The monoisotopic (exact) mass is 292 g/mol. The Balaban J connectivity index is 2.40. The van der Waals surface area contributed by atoms with E-state index in [1.807, 2.05) is 0 Å². The fourth-order valence-electron chi connectivity index (χ4n) is 1.25. The molecule has 0 aromatic carbocycles. The molecule has 21 heavy (non-hydrogen) atoms. The van der Waals surface area contributed by atoms with Gasteiger partial charge in [-0.15, -0.1) is 0 Å². The zero-order valence-electron chi connectivity index (χ0n) is 11.7. The summed E-state index contributed by atoms with van der Waals surface area (Å²) in [6.07, 6.45) is 4.43. The van der Waals surface area contributed by atoms with Crippen molar-refractivity contribution in [2.75, 3.05) is 7.05 Å². The molecule has 9 nitrogen and oxygen atoms in total. The largest absolute Gasteiger partial charge is 0.359 e. The molecule has 3 N–H and O–H groups in total. The summed E-state index contributed by atoms with van der Waals surface area (Å²) < 4.78 is 0. The first-order valence-corrected chi connectivity index (χ1v) is 6.14. The molecule has 0 radical (unpaired) electrons. The second-order valence-corrected chi connectivity index (χ2v) is 3.95. The van der Waals surface area contributed by atoms with Crippen LogP contribution in [0, 0.1) is 0 Å². The third-order valence-corrected chi connectivity index (χ3v) is 2.37. The van der Waals surface area contributed by atoms with Crippen molar-refractivity contribution in [1.29, 1.82) is 0 Å². The Morgan fingerprint density at radius 3 is 2.52 bits per heavy atom. The minimum Gasteiger partial charge on any atom is -0.359 e. The number of aromatic nitrogens is 2. The van der Waals surface area contributed by atoms with Crippen LogP contribution >= 0.6 is 0 Å². The van der Waals surface area contributed by atoms with Crippen molar-refractivity contribution < 1.29 is 14.4 Å². The zero-order valence-corrected chi connectivity index (χ0v) is 11.7. The maximum atomic E-state index is 11.4. The van der Waals surface area contributed by atoms with E-state index in [2.05, 4.69) is 31.1 Å². The minimum atomic E-state index is -0.778. The molecule has 9 heteroatoms. The van der Waals surface area contributed by atoms with E-state index >= 15 is 0 Å². The molecular formula is C12H16N6O3. The van der Waals surface area contributed by atoms with Gasteiger partial charge in [0.2, 0.25) is 11.8 Å². The molecular weight excluding hydrogens is 276 g/mol. The number of nitrogens with one attached hydrogen (secondary N) is 3. The molecule has 112 valence electrons. The molecule has 0 fully saturated rings. The van der Waals surface area contributed by atoms with Gasteiger partial charge in [-0.3, -0.25) is 24.9 Å². The Kier molecular flexibility index (Phi) is 6.45. The molecule has 0 atom stereocenters. The first-order valence-electron chi connectivity index (χ1n) is 6.14. The molecule has 1 aromatic rings. The lowest BCUT2D eigenvalue weighted by Crippen LogP contribution is -2.37. The van der Waals surface area contributed by atoms with Crippen molar-refractivity contribution in [3.05, 3.63) is 24.3 Å². The van der Waals surface area contributed by atoms with Crippen LogP contribution in [-0.4, -0.2) is 40.6 Å². The lowest BCUT2D eigenvalue weighted by molar-refractivity contribution is -0.125. The molecule has 0 saturated heterocycles. The molecule has 1 rings (SSSR count). The third kappa shape index (κ3) is 6.23. The van der Waals surface area contributed by atoms with Crippen LogP contribution in [0.5, 0.6) is 0 Å². The smallest absolute Gasteiger partial charge is 0.341 e. The van der Waals surface area contributed by atoms with Crippen LogP contribution in [0.25, 0.3) is 0 Å². The second kappa shape index (κ2) is 8.35. The van der Waals surface area contributed by atoms with Gasteiger partial charge in [0.1, 0.15) is 5.69 Å². The Hall–Kier alpha value is -2.84. The number of rotatable bonds is 5. The molecule has 0 aliphatic heterocycles. The van der Waals surface area contributed by atoms with Crippen LogP contribution in [0.3, 0.4) is 0 Å². The summed E-state index contributed by atoms with van der Waals surface area (Å²) in [6.45, 7) is 1.64. The van der Waals surface area contributed by atoms with E-state index in [4.69, 9.17) is 0 Å². The molecule has 0 aliphatic rings. The highest BCUT2D eigenvalue weighted by Crippen LogP contribution is 1.92. The number of nitrogens with zero attached hydrogens (tertiary/aromatic N) is 3. The fraction of sp³-hybridized carbons (Fsp3) is 0.333. The van der Waals surface area contributed by atoms with Crippen LogP contribution in [-0.2, 0) is 9.59 Å². The Morgan fingerprint density at radius 2 is 1.90 bits per heavy atom. The van der Waals surface area contributed by atoms with Gasteiger partial charge in [-0.1, -0.05) is 0 Å². The quantitative estimate of drug-likeness (QED) is 0.500. The molecule has 0 bridgehead atoms. The average molecular weight is 292 g/mol. The molecule has 0 spiro atoms. The van der Waals surface area contributed by atoms with Crippen molar-refractivity contribution in [3.8, 4) is 0 Å². The van der Waals surface area contributed by atoms with Crippen molar-refractivity contribution in [3.63, 3.8) is 0 Å². The lowest BCUT2D eigenvalue weighted by Gasteiger charge is -2.04. The number of urea groups is 1. The first-order chi connectivity index (χ1) is 10.0. The van der Waals surface area contributed by atoms with Crippen LogP contribution < -0.4 is 16.1 Å². The van der Waals surface area contributed by atoms with Gasteiger partial charge in [0.05, 0.1) is 11.9 Å². The molecule has 4 amide bonds. The highest BCUT2D eigenvalue weighted by molar-refractivity contribution is 5.99.